The van der Waals surface area contributed by atoms with Crippen LogP contribution in [0, 0.1) is 6.92 Å². The van der Waals surface area contributed by atoms with Gasteiger partial charge in [-0.15, -0.1) is 0 Å². The van der Waals surface area contributed by atoms with E-state index in [0.717, 1.165) is 11.1 Å². The van der Waals surface area contributed by atoms with Crippen molar-refractivity contribution in [3.8, 4) is 5.75 Å². The third-order valence-electron chi connectivity index (χ3n) is 4.49. The number of nitrogens with one attached hydrogen (secondary N) is 2. The summed E-state index contributed by atoms with van der Waals surface area (Å²) in [4.78, 5) is 41.2. The largest absolute Gasteiger partial charge is 0.478 e. The van der Waals surface area contributed by atoms with Gasteiger partial charge in [0, 0.05) is 38.0 Å². The van der Waals surface area contributed by atoms with E-state index in [1.165, 1.54) is 17.2 Å². The molecule has 7 heteroatoms. The summed E-state index contributed by atoms with van der Waals surface area (Å²) in [6.45, 7) is 1.79. The number of aryl methyl sites for hydroxylation is 1. The number of fused-ring (bicyclic) bond motifs is 1. The van der Waals surface area contributed by atoms with Gasteiger partial charge >= 0.3 is 0 Å². The van der Waals surface area contributed by atoms with Gasteiger partial charge in [0.2, 0.25) is 11.3 Å². The number of aromatic nitrogens is 1. The molecule has 2 N–H and O–H groups in total. The number of benzene rings is 1. The molecule has 3 rings (SSSR count). The van der Waals surface area contributed by atoms with Crippen molar-refractivity contribution in [3.05, 3.63) is 63.6 Å². The first kappa shape index (κ1) is 17.7. The van der Waals surface area contributed by atoms with Crippen molar-refractivity contribution in [2.24, 2.45) is 0 Å². The summed E-state index contributed by atoms with van der Waals surface area (Å²) in [6, 6.07) is 8.55. The van der Waals surface area contributed by atoms with Crippen molar-refractivity contribution < 1.29 is 14.3 Å². The first-order valence-corrected chi connectivity index (χ1v) is 8.39. The molecular formula is C19H21N3O4. The number of ether oxygens (including phenoxy) is 1. The zero-order valence-electron chi connectivity index (χ0n) is 14.7. The van der Waals surface area contributed by atoms with E-state index in [9.17, 15) is 14.4 Å². The fourth-order valence-electron chi connectivity index (χ4n) is 3.08. The minimum atomic E-state index is -0.595. The highest BCUT2D eigenvalue weighted by Crippen LogP contribution is 2.23. The van der Waals surface area contributed by atoms with E-state index in [0.29, 0.717) is 18.7 Å². The Hall–Kier alpha value is -3.09. The van der Waals surface area contributed by atoms with Gasteiger partial charge in [-0.2, -0.15) is 0 Å². The number of rotatable bonds is 4. The van der Waals surface area contributed by atoms with Gasteiger partial charge in [0.15, 0.2) is 12.4 Å². The van der Waals surface area contributed by atoms with Crippen molar-refractivity contribution in [3.63, 3.8) is 0 Å². The highest BCUT2D eigenvalue weighted by molar-refractivity contribution is 5.88. The van der Waals surface area contributed by atoms with Gasteiger partial charge in [-0.05, 0) is 18.1 Å². The Kier molecular flexibility index (Phi) is 5.06. The van der Waals surface area contributed by atoms with Crippen LogP contribution in [0.4, 0.5) is 0 Å². The van der Waals surface area contributed by atoms with E-state index in [2.05, 4.69) is 10.3 Å². The lowest BCUT2D eigenvalue weighted by atomic mass is 9.93. The monoisotopic (exact) mass is 355 g/mol. The van der Waals surface area contributed by atoms with E-state index in [1.807, 2.05) is 24.3 Å². The van der Waals surface area contributed by atoms with Crippen LogP contribution in [0.3, 0.4) is 0 Å². The molecular weight excluding hydrogens is 334 g/mol. The van der Waals surface area contributed by atoms with Gasteiger partial charge in [-0.25, -0.2) is 0 Å². The number of likely N-dealkylation sites (N-methyl/N-ethyl adjacent to an activating group) is 1. The van der Waals surface area contributed by atoms with Crippen LogP contribution in [-0.2, 0) is 22.6 Å². The normalized spacial score (nSPS) is 15.9. The molecule has 26 heavy (non-hydrogen) atoms. The van der Waals surface area contributed by atoms with Gasteiger partial charge in [0.05, 0.1) is 0 Å². The maximum Gasteiger partial charge on any atom is 0.261 e. The highest BCUT2D eigenvalue weighted by Gasteiger charge is 2.34. The Balaban J connectivity index is 1.77. The van der Waals surface area contributed by atoms with Crippen molar-refractivity contribution in [2.75, 3.05) is 13.7 Å². The summed E-state index contributed by atoms with van der Waals surface area (Å²) in [5.74, 6) is -0.480. The molecule has 1 aromatic carbocycles. The molecule has 0 unspecified atom stereocenters. The molecule has 7 nitrogen and oxygen atoms in total. The fraction of sp³-hybridized carbons (Fsp3) is 0.316. The second-order valence-corrected chi connectivity index (χ2v) is 6.26. The molecule has 0 bridgehead atoms. The Labute approximate surface area is 151 Å². The third-order valence-corrected chi connectivity index (χ3v) is 4.49. The molecule has 0 spiro atoms. The number of carbonyl (C=O) groups is 2. The Morgan fingerprint density at radius 1 is 1.31 bits per heavy atom. The van der Waals surface area contributed by atoms with Crippen molar-refractivity contribution >= 4 is 11.8 Å². The van der Waals surface area contributed by atoms with Crippen molar-refractivity contribution in [2.45, 2.75) is 25.9 Å². The third kappa shape index (κ3) is 3.61. The van der Waals surface area contributed by atoms with Gasteiger partial charge in [-0.3, -0.25) is 14.4 Å². The smallest absolute Gasteiger partial charge is 0.261 e. The van der Waals surface area contributed by atoms with Crippen LogP contribution >= 0.6 is 0 Å². The number of amides is 2. The number of pyridine rings is 1. The van der Waals surface area contributed by atoms with Gasteiger partial charge in [0.25, 0.3) is 5.91 Å². The van der Waals surface area contributed by atoms with E-state index in [1.54, 1.807) is 14.0 Å². The molecule has 2 heterocycles. The van der Waals surface area contributed by atoms with Crippen LogP contribution in [0.25, 0.3) is 0 Å². The second kappa shape index (κ2) is 7.43. The quantitative estimate of drug-likeness (QED) is 0.847. The topological polar surface area (TPSA) is 91.5 Å². The maximum atomic E-state index is 12.7. The molecule has 0 fully saturated rings. The van der Waals surface area contributed by atoms with Crippen LogP contribution in [0.2, 0.25) is 0 Å². The van der Waals surface area contributed by atoms with E-state index in [4.69, 9.17) is 4.74 Å². The average Bonchev–Trinajstić information content (AvgIpc) is 2.65. The van der Waals surface area contributed by atoms with Crippen molar-refractivity contribution in [1.82, 2.24) is 15.2 Å². The molecule has 1 aliphatic heterocycles. The summed E-state index contributed by atoms with van der Waals surface area (Å²) in [5, 5.41) is 2.61. The Morgan fingerprint density at radius 3 is 2.73 bits per heavy atom. The summed E-state index contributed by atoms with van der Waals surface area (Å²) >= 11 is 0. The summed E-state index contributed by atoms with van der Waals surface area (Å²) in [6.07, 6.45) is 1.89. The summed E-state index contributed by atoms with van der Waals surface area (Å²) in [5.41, 5.74) is 2.48. The van der Waals surface area contributed by atoms with Crippen molar-refractivity contribution in [1.29, 1.82) is 0 Å². The van der Waals surface area contributed by atoms with E-state index in [-0.39, 0.29) is 29.6 Å². The van der Waals surface area contributed by atoms with E-state index < -0.39 is 6.04 Å². The first-order valence-electron chi connectivity index (χ1n) is 8.39. The lowest BCUT2D eigenvalue weighted by molar-refractivity contribution is -0.143. The number of H-pyrrole nitrogens is 1. The fourth-order valence-corrected chi connectivity index (χ4v) is 3.08. The van der Waals surface area contributed by atoms with E-state index >= 15 is 0 Å². The zero-order valence-corrected chi connectivity index (χ0v) is 14.7. The molecule has 2 amide bonds. The number of hydrogen-bond acceptors (Lipinski definition) is 4. The lowest BCUT2D eigenvalue weighted by Crippen LogP contribution is -2.53. The summed E-state index contributed by atoms with van der Waals surface area (Å²) < 4.78 is 5.39. The molecule has 0 aliphatic carbocycles. The molecule has 0 saturated heterocycles. The Morgan fingerprint density at radius 2 is 2.04 bits per heavy atom. The van der Waals surface area contributed by atoms with Gasteiger partial charge in [-0.1, -0.05) is 24.3 Å². The molecule has 136 valence electrons. The number of carbonyl (C=O) groups excluding carboxylic acids is 2. The standard InChI is InChI=1S/C19H21N3O4/c1-12-7-16(23)17(9-21-12)26-11-18(24)22-10-14-6-4-3-5-13(14)8-15(22)19(25)20-2/h3-7,9,15H,8,10-11H2,1-2H3,(H,20,25)(H,21,23)/t15-/m0/s1. The predicted molar refractivity (Wildman–Crippen MR) is 95.8 cm³/mol. The van der Waals surface area contributed by atoms with Crippen LogP contribution < -0.4 is 15.5 Å². The molecule has 1 atom stereocenters. The molecule has 1 aromatic heterocycles. The summed E-state index contributed by atoms with van der Waals surface area (Å²) in [7, 11) is 1.55. The van der Waals surface area contributed by atoms with Crippen LogP contribution in [0.5, 0.6) is 5.75 Å². The number of nitrogens with zero attached hydrogens (tertiary/aromatic N) is 1. The van der Waals surface area contributed by atoms with Gasteiger partial charge in [0.1, 0.15) is 6.04 Å². The zero-order chi connectivity index (χ0) is 18.7. The van der Waals surface area contributed by atoms with Gasteiger partial charge < -0.3 is 19.9 Å². The Bertz CT molecular complexity index is 890. The SMILES string of the molecule is CNC(=O)[C@@H]1Cc2ccccc2CN1C(=O)COc1c[nH]c(C)cc1=O. The lowest BCUT2D eigenvalue weighted by Gasteiger charge is -2.35. The number of hydrogen-bond donors (Lipinski definition) is 2. The van der Waals surface area contributed by atoms with Crippen LogP contribution in [-0.4, -0.2) is 41.4 Å². The first-order chi connectivity index (χ1) is 12.5. The number of aromatic amines is 1. The minimum absolute atomic E-state index is 0.0813. The molecule has 1 aliphatic rings. The molecule has 2 aromatic rings. The average molecular weight is 355 g/mol. The molecule has 0 saturated carbocycles. The van der Waals surface area contributed by atoms with Crippen LogP contribution in [0.1, 0.15) is 16.8 Å². The molecule has 0 radical (unpaired) electrons. The maximum absolute atomic E-state index is 12.7. The van der Waals surface area contributed by atoms with Crippen LogP contribution in [0.15, 0.2) is 41.3 Å². The highest BCUT2D eigenvalue weighted by atomic mass is 16.5. The second-order valence-electron chi connectivity index (χ2n) is 6.26. The predicted octanol–water partition coefficient (Wildman–Crippen LogP) is 0.762. The minimum Gasteiger partial charge on any atom is -0.478 e.